The summed E-state index contributed by atoms with van der Waals surface area (Å²) in [5.41, 5.74) is -0.806. The van der Waals surface area contributed by atoms with Crippen LogP contribution in [0.3, 0.4) is 0 Å². The number of amides is 1. The zero-order chi connectivity index (χ0) is 18.6. The number of ether oxygens (including phenoxy) is 2. The molecule has 7 nitrogen and oxygen atoms in total. The Labute approximate surface area is 153 Å². The largest absolute Gasteiger partial charge is 0.497 e. The van der Waals surface area contributed by atoms with Crippen molar-refractivity contribution in [3.05, 3.63) is 42.5 Å². The summed E-state index contributed by atoms with van der Waals surface area (Å²) in [6.45, 7) is 3.46. The molecule has 0 atom stereocenters. The lowest BCUT2D eigenvalue weighted by atomic mass is 9.91. The summed E-state index contributed by atoms with van der Waals surface area (Å²) < 4.78 is 12.6. The minimum Gasteiger partial charge on any atom is -0.497 e. The first-order chi connectivity index (χ1) is 12.5. The number of carbonyl (C=O) groups excluding carboxylic acids is 1. The third-order valence-electron chi connectivity index (χ3n) is 4.86. The second-order valence-corrected chi connectivity index (χ2v) is 6.67. The molecule has 1 fully saturated rings. The molecule has 26 heavy (non-hydrogen) atoms. The van der Waals surface area contributed by atoms with Gasteiger partial charge in [0.15, 0.2) is 6.61 Å². The van der Waals surface area contributed by atoms with Crippen LogP contribution < -0.4 is 9.47 Å². The highest BCUT2D eigenvalue weighted by Gasteiger charge is 2.34. The Morgan fingerprint density at radius 2 is 1.88 bits per heavy atom. The van der Waals surface area contributed by atoms with Crippen LogP contribution in [0, 0.1) is 6.92 Å². The normalized spacial score (nSPS) is 16.3. The van der Waals surface area contributed by atoms with Crippen LogP contribution in [0.5, 0.6) is 11.5 Å². The Morgan fingerprint density at radius 1 is 1.23 bits per heavy atom. The van der Waals surface area contributed by atoms with Gasteiger partial charge < -0.3 is 24.0 Å². The molecule has 1 amide bonds. The Bertz CT molecular complexity index is 733. The van der Waals surface area contributed by atoms with Gasteiger partial charge in [-0.15, -0.1) is 0 Å². The van der Waals surface area contributed by atoms with Crippen molar-refractivity contribution >= 4 is 5.91 Å². The molecule has 0 spiro atoms. The summed E-state index contributed by atoms with van der Waals surface area (Å²) in [7, 11) is 1.60. The molecule has 0 saturated carbocycles. The topological polar surface area (TPSA) is 76.8 Å². The average Bonchev–Trinajstić information content (AvgIpc) is 3.05. The van der Waals surface area contributed by atoms with Gasteiger partial charge in [-0.25, -0.2) is 4.98 Å². The van der Waals surface area contributed by atoms with Crippen molar-refractivity contribution in [2.24, 2.45) is 0 Å². The van der Waals surface area contributed by atoms with Crippen LogP contribution in [-0.4, -0.2) is 57.9 Å². The zero-order valence-electron chi connectivity index (χ0n) is 15.2. The first kappa shape index (κ1) is 18.3. The molecule has 0 radical (unpaired) electrons. The van der Waals surface area contributed by atoms with E-state index < -0.39 is 5.60 Å². The number of hydrogen-bond acceptors (Lipinski definition) is 5. The smallest absolute Gasteiger partial charge is 0.260 e. The number of carbonyl (C=O) groups is 1. The highest BCUT2D eigenvalue weighted by Crippen LogP contribution is 2.25. The highest BCUT2D eigenvalue weighted by atomic mass is 16.5. The van der Waals surface area contributed by atoms with Crippen LogP contribution in [0.1, 0.15) is 18.7 Å². The molecule has 2 aromatic rings. The van der Waals surface area contributed by atoms with Crippen molar-refractivity contribution < 1.29 is 19.4 Å². The lowest BCUT2D eigenvalue weighted by Crippen LogP contribution is -2.49. The number of aromatic nitrogens is 2. The predicted octanol–water partition coefficient (Wildman–Crippen LogP) is 1.63. The number of hydrogen-bond donors (Lipinski definition) is 1. The van der Waals surface area contributed by atoms with Crippen molar-refractivity contribution in [2.75, 3.05) is 26.8 Å². The first-order valence-electron chi connectivity index (χ1n) is 8.74. The van der Waals surface area contributed by atoms with Gasteiger partial charge in [0.2, 0.25) is 0 Å². The fraction of sp³-hybridized carbons (Fsp3) is 0.474. The second-order valence-electron chi connectivity index (χ2n) is 6.67. The number of likely N-dealkylation sites (tertiary alicyclic amines) is 1. The summed E-state index contributed by atoms with van der Waals surface area (Å²) in [5, 5.41) is 10.8. The molecule has 1 aromatic heterocycles. The fourth-order valence-electron chi connectivity index (χ4n) is 3.13. The Morgan fingerprint density at radius 3 is 2.46 bits per heavy atom. The van der Waals surface area contributed by atoms with Crippen LogP contribution >= 0.6 is 0 Å². The summed E-state index contributed by atoms with van der Waals surface area (Å²) >= 11 is 0. The third kappa shape index (κ3) is 4.35. The second kappa shape index (κ2) is 7.78. The molecule has 2 heterocycles. The molecule has 1 saturated heterocycles. The molecule has 3 rings (SSSR count). The summed E-state index contributed by atoms with van der Waals surface area (Å²) in [4.78, 5) is 18.3. The Kier molecular flexibility index (Phi) is 5.46. The molecule has 0 bridgehead atoms. The molecule has 0 aliphatic carbocycles. The van der Waals surface area contributed by atoms with E-state index in [2.05, 4.69) is 4.98 Å². The molecule has 7 heteroatoms. The lowest BCUT2D eigenvalue weighted by Gasteiger charge is -2.38. The van der Waals surface area contributed by atoms with Crippen molar-refractivity contribution in [1.29, 1.82) is 0 Å². The lowest BCUT2D eigenvalue weighted by molar-refractivity contribution is -0.138. The third-order valence-corrected chi connectivity index (χ3v) is 4.86. The van der Waals surface area contributed by atoms with Crippen LogP contribution in [0.2, 0.25) is 0 Å². The van der Waals surface area contributed by atoms with Crippen molar-refractivity contribution in [3.8, 4) is 11.5 Å². The molecule has 1 aliphatic heterocycles. The molecular weight excluding hydrogens is 334 g/mol. The van der Waals surface area contributed by atoms with Gasteiger partial charge in [0.05, 0.1) is 19.3 Å². The maximum absolute atomic E-state index is 12.4. The number of aryl methyl sites for hydroxylation is 1. The standard InChI is InChI=1S/C19H25N3O4/c1-15-20-9-12-22(15)14-19(24)7-10-21(11-8-19)18(23)13-26-17-5-3-16(25-2)4-6-17/h3-6,9,12,24H,7-8,10-11,13-14H2,1-2H3. The monoisotopic (exact) mass is 359 g/mol. The molecule has 0 unspecified atom stereocenters. The SMILES string of the molecule is COc1ccc(OCC(=O)N2CCC(O)(Cn3ccnc3C)CC2)cc1. The predicted molar refractivity (Wildman–Crippen MR) is 96.2 cm³/mol. The van der Waals surface area contributed by atoms with Crippen LogP contribution in [-0.2, 0) is 11.3 Å². The summed E-state index contributed by atoms with van der Waals surface area (Å²) in [6.07, 6.45) is 4.68. The van der Waals surface area contributed by atoms with E-state index in [1.165, 1.54) is 0 Å². The first-order valence-corrected chi connectivity index (χ1v) is 8.74. The number of piperidine rings is 1. The highest BCUT2D eigenvalue weighted by molar-refractivity contribution is 5.77. The zero-order valence-corrected chi connectivity index (χ0v) is 15.2. The maximum atomic E-state index is 12.4. The summed E-state index contributed by atoms with van der Waals surface area (Å²) in [5.74, 6) is 2.18. The van der Waals surface area contributed by atoms with Crippen molar-refractivity contribution in [3.63, 3.8) is 0 Å². The molecule has 1 aliphatic rings. The van der Waals surface area contributed by atoms with Gasteiger partial charge in [0.25, 0.3) is 5.91 Å². The van der Waals surface area contributed by atoms with Gasteiger partial charge >= 0.3 is 0 Å². The van der Waals surface area contributed by atoms with E-state index >= 15 is 0 Å². The van der Waals surface area contributed by atoms with Gasteiger partial charge in [-0.05, 0) is 44.0 Å². The van der Waals surface area contributed by atoms with Crippen molar-refractivity contribution in [2.45, 2.75) is 31.9 Å². The number of aliphatic hydroxyl groups is 1. The van der Waals surface area contributed by atoms with E-state index in [0.717, 1.165) is 11.6 Å². The minimum absolute atomic E-state index is 0.00855. The van der Waals surface area contributed by atoms with E-state index in [-0.39, 0.29) is 12.5 Å². The van der Waals surface area contributed by atoms with E-state index in [0.29, 0.717) is 38.2 Å². The Balaban J connectivity index is 1.47. The summed E-state index contributed by atoms with van der Waals surface area (Å²) in [6, 6.07) is 7.13. The van der Waals surface area contributed by atoms with Crippen molar-refractivity contribution in [1.82, 2.24) is 14.5 Å². The van der Waals surface area contributed by atoms with Gasteiger partial charge in [-0.2, -0.15) is 0 Å². The van der Waals surface area contributed by atoms with E-state index in [1.807, 2.05) is 17.7 Å². The molecule has 1 aromatic carbocycles. The number of methoxy groups -OCH3 is 1. The fourth-order valence-corrected chi connectivity index (χ4v) is 3.13. The molecule has 1 N–H and O–H groups in total. The van der Waals surface area contributed by atoms with Gasteiger partial charge in [-0.1, -0.05) is 0 Å². The van der Waals surface area contributed by atoms with E-state index in [1.54, 1.807) is 42.5 Å². The number of imidazole rings is 1. The maximum Gasteiger partial charge on any atom is 0.260 e. The van der Waals surface area contributed by atoms with Crippen LogP contribution in [0.15, 0.2) is 36.7 Å². The molecular formula is C19H25N3O4. The number of benzene rings is 1. The van der Waals surface area contributed by atoms with Gasteiger partial charge in [-0.3, -0.25) is 4.79 Å². The quantitative estimate of drug-likeness (QED) is 0.848. The molecule has 140 valence electrons. The van der Waals surface area contributed by atoms with Crippen LogP contribution in [0.25, 0.3) is 0 Å². The van der Waals surface area contributed by atoms with Gasteiger partial charge in [0, 0.05) is 25.5 Å². The van der Waals surface area contributed by atoms with Crippen LogP contribution in [0.4, 0.5) is 0 Å². The van der Waals surface area contributed by atoms with Gasteiger partial charge in [0.1, 0.15) is 17.3 Å². The average molecular weight is 359 g/mol. The van der Waals surface area contributed by atoms with E-state index in [9.17, 15) is 9.90 Å². The Hall–Kier alpha value is -2.54. The number of nitrogens with zero attached hydrogens (tertiary/aromatic N) is 3. The minimum atomic E-state index is -0.806. The van der Waals surface area contributed by atoms with E-state index in [4.69, 9.17) is 9.47 Å². The number of rotatable bonds is 6.